The molecule has 0 aliphatic rings. The van der Waals surface area contributed by atoms with Gasteiger partial charge in [-0.2, -0.15) is 5.10 Å². The van der Waals surface area contributed by atoms with E-state index in [2.05, 4.69) is 17.1 Å². The van der Waals surface area contributed by atoms with E-state index in [1.807, 2.05) is 19.1 Å². The van der Waals surface area contributed by atoms with Gasteiger partial charge in [0.25, 0.3) is 0 Å². The first-order valence-electron chi connectivity index (χ1n) is 4.21. The number of rotatable bonds is 4. The van der Waals surface area contributed by atoms with Crippen LogP contribution in [0.2, 0.25) is 0 Å². The second-order valence-corrected chi connectivity index (χ2v) is 4.43. The number of hydrogen-bond donors (Lipinski definition) is 0. The molecule has 2 nitrogen and oxygen atoms in total. The zero-order valence-electron chi connectivity index (χ0n) is 7.83. The fourth-order valence-corrected chi connectivity index (χ4v) is 1.81. The van der Waals surface area contributed by atoms with Gasteiger partial charge in [0.1, 0.15) is 5.03 Å². The SMILES string of the molecule is Cc1ccc(SCC(C)CCl)nn1. The summed E-state index contributed by atoms with van der Waals surface area (Å²) in [6, 6.07) is 3.97. The molecule has 0 amide bonds. The van der Waals surface area contributed by atoms with Crippen LogP contribution in [0.1, 0.15) is 12.6 Å². The standard InChI is InChI=1S/C9H13ClN2S/c1-7(5-10)6-13-9-4-3-8(2)11-12-9/h3-4,7H,5-6H2,1-2H3. The Balaban J connectivity index is 2.41. The molecule has 0 aromatic carbocycles. The summed E-state index contributed by atoms with van der Waals surface area (Å²) < 4.78 is 0. The van der Waals surface area contributed by atoms with E-state index in [0.717, 1.165) is 16.5 Å². The second kappa shape index (κ2) is 5.45. The number of thioether (sulfide) groups is 1. The quantitative estimate of drug-likeness (QED) is 0.572. The van der Waals surface area contributed by atoms with Crippen molar-refractivity contribution in [1.82, 2.24) is 10.2 Å². The van der Waals surface area contributed by atoms with Gasteiger partial charge in [0.2, 0.25) is 0 Å². The summed E-state index contributed by atoms with van der Waals surface area (Å²) in [6.45, 7) is 4.06. The number of nitrogens with zero attached hydrogens (tertiary/aromatic N) is 2. The third-order valence-corrected chi connectivity index (χ3v) is 3.33. The monoisotopic (exact) mass is 216 g/mol. The largest absolute Gasteiger partial charge is 0.155 e. The first-order chi connectivity index (χ1) is 6.22. The van der Waals surface area contributed by atoms with Crippen LogP contribution in [-0.4, -0.2) is 21.8 Å². The highest BCUT2D eigenvalue weighted by molar-refractivity contribution is 7.99. The molecule has 0 bridgehead atoms. The second-order valence-electron chi connectivity index (χ2n) is 3.08. The first-order valence-corrected chi connectivity index (χ1v) is 5.73. The van der Waals surface area contributed by atoms with Crippen molar-refractivity contribution < 1.29 is 0 Å². The van der Waals surface area contributed by atoms with Gasteiger partial charge in [-0.15, -0.1) is 28.5 Å². The van der Waals surface area contributed by atoms with Crippen LogP contribution in [0.15, 0.2) is 17.2 Å². The molecule has 1 heterocycles. The van der Waals surface area contributed by atoms with Crippen molar-refractivity contribution >= 4 is 23.4 Å². The lowest BCUT2D eigenvalue weighted by Gasteiger charge is -2.05. The van der Waals surface area contributed by atoms with Gasteiger partial charge < -0.3 is 0 Å². The molecule has 1 atom stereocenters. The van der Waals surface area contributed by atoms with Gasteiger partial charge in [-0.05, 0) is 25.0 Å². The highest BCUT2D eigenvalue weighted by atomic mass is 35.5. The van der Waals surface area contributed by atoms with Crippen LogP contribution in [0.3, 0.4) is 0 Å². The van der Waals surface area contributed by atoms with E-state index in [9.17, 15) is 0 Å². The van der Waals surface area contributed by atoms with Gasteiger partial charge in [-0.1, -0.05) is 6.92 Å². The first kappa shape index (κ1) is 10.8. The van der Waals surface area contributed by atoms with Gasteiger partial charge in [0.15, 0.2) is 0 Å². The zero-order chi connectivity index (χ0) is 9.68. The van der Waals surface area contributed by atoms with Gasteiger partial charge in [-0.25, -0.2) is 0 Å². The Morgan fingerprint density at radius 2 is 2.23 bits per heavy atom. The molecule has 0 spiro atoms. The molecule has 0 aliphatic carbocycles. The summed E-state index contributed by atoms with van der Waals surface area (Å²) in [7, 11) is 0. The van der Waals surface area contributed by atoms with Crippen LogP contribution in [0.5, 0.6) is 0 Å². The molecule has 1 aromatic heterocycles. The van der Waals surface area contributed by atoms with E-state index in [4.69, 9.17) is 11.6 Å². The molecule has 1 aromatic rings. The van der Waals surface area contributed by atoms with Crippen LogP contribution in [0.4, 0.5) is 0 Å². The Morgan fingerprint density at radius 1 is 1.46 bits per heavy atom. The lowest BCUT2D eigenvalue weighted by molar-refractivity contribution is 0.756. The Morgan fingerprint density at radius 3 is 2.77 bits per heavy atom. The third-order valence-electron chi connectivity index (χ3n) is 1.55. The number of alkyl halides is 1. The molecule has 1 rings (SSSR count). The molecule has 0 aliphatic heterocycles. The van der Waals surface area contributed by atoms with Crippen molar-refractivity contribution in [3.8, 4) is 0 Å². The van der Waals surface area contributed by atoms with Crippen LogP contribution in [0.25, 0.3) is 0 Å². The summed E-state index contributed by atoms with van der Waals surface area (Å²) in [6.07, 6.45) is 0. The molecule has 0 saturated carbocycles. The lowest BCUT2D eigenvalue weighted by atomic mass is 10.3. The number of hydrogen-bond acceptors (Lipinski definition) is 3. The van der Waals surface area contributed by atoms with Crippen LogP contribution in [-0.2, 0) is 0 Å². The third kappa shape index (κ3) is 3.96. The van der Waals surface area contributed by atoms with Crippen LogP contribution >= 0.6 is 23.4 Å². The van der Waals surface area contributed by atoms with Crippen molar-refractivity contribution in [3.63, 3.8) is 0 Å². The Kier molecular flexibility index (Phi) is 4.53. The van der Waals surface area contributed by atoms with E-state index in [0.29, 0.717) is 11.8 Å². The molecule has 0 radical (unpaired) electrons. The van der Waals surface area contributed by atoms with Gasteiger partial charge in [0.05, 0.1) is 5.69 Å². The average Bonchev–Trinajstić information content (AvgIpc) is 2.16. The molecular weight excluding hydrogens is 204 g/mol. The van der Waals surface area contributed by atoms with Crippen LogP contribution in [0, 0.1) is 12.8 Å². The minimum Gasteiger partial charge on any atom is -0.155 e. The molecule has 4 heteroatoms. The summed E-state index contributed by atoms with van der Waals surface area (Å²) in [5, 5.41) is 9.01. The van der Waals surface area contributed by atoms with Crippen molar-refractivity contribution in [2.45, 2.75) is 18.9 Å². The Hall–Kier alpha value is -0.280. The molecule has 0 fully saturated rings. The van der Waals surface area contributed by atoms with Crippen LogP contribution < -0.4 is 0 Å². The van der Waals surface area contributed by atoms with Crippen molar-refractivity contribution in [2.75, 3.05) is 11.6 Å². The molecule has 13 heavy (non-hydrogen) atoms. The maximum atomic E-state index is 5.69. The molecule has 72 valence electrons. The summed E-state index contributed by atoms with van der Waals surface area (Å²) >= 11 is 7.40. The van der Waals surface area contributed by atoms with E-state index in [-0.39, 0.29) is 0 Å². The highest BCUT2D eigenvalue weighted by Gasteiger charge is 2.02. The smallest absolute Gasteiger partial charge is 0.119 e. The summed E-state index contributed by atoms with van der Waals surface area (Å²) in [5.41, 5.74) is 0.953. The minimum atomic E-state index is 0.523. The molecule has 0 saturated heterocycles. The van der Waals surface area contributed by atoms with Crippen molar-refractivity contribution in [3.05, 3.63) is 17.8 Å². The normalized spacial score (nSPS) is 12.8. The van der Waals surface area contributed by atoms with Gasteiger partial charge >= 0.3 is 0 Å². The molecular formula is C9H13ClN2S. The fourth-order valence-electron chi connectivity index (χ4n) is 0.736. The molecule has 1 unspecified atom stereocenters. The minimum absolute atomic E-state index is 0.523. The van der Waals surface area contributed by atoms with Crippen molar-refractivity contribution in [1.29, 1.82) is 0 Å². The van der Waals surface area contributed by atoms with E-state index >= 15 is 0 Å². The van der Waals surface area contributed by atoms with Gasteiger partial charge in [-0.3, -0.25) is 0 Å². The zero-order valence-corrected chi connectivity index (χ0v) is 9.40. The Labute approximate surface area is 88.1 Å². The maximum absolute atomic E-state index is 5.69. The predicted octanol–water partition coefficient (Wildman–Crippen LogP) is 2.75. The van der Waals surface area contributed by atoms with E-state index in [1.165, 1.54) is 0 Å². The fraction of sp³-hybridized carbons (Fsp3) is 0.556. The van der Waals surface area contributed by atoms with E-state index in [1.54, 1.807) is 11.8 Å². The number of aryl methyl sites for hydroxylation is 1. The maximum Gasteiger partial charge on any atom is 0.119 e. The predicted molar refractivity (Wildman–Crippen MR) is 57.4 cm³/mol. The van der Waals surface area contributed by atoms with Gasteiger partial charge in [0, 0.05) is 11.6 Å². The van der Waals surface area contributed by atoms with Crippen molar-refractivity contribution in [2.24, 2.45) is 5.92 Å². The summed E-state index contributed by atoms with van der Waals surface area (Å²) in [4.78, 5) is 0. The average molecular weight is 217 g/mol. The van der Waals surface area contributed by atoms with E-state index < -0.39 is 0 Å². The topological polar surface area (TPSA) is 25.8 Å². The number of halogens is 1. The Bertz CT molecular complexity index is 250. The molecule has 0 N–H and O–H groups in total. The lowest BCUT2D eigenvalue weighted by Crippen LogP contribution is -1.99. The number of aromatic nitrogens is 2. The summed E-state index contributed by atoms with van der Waals surface area (Å²) in [5.74, 6) is 2.22. The highest BCUT2D eigenvalue weighted by Crippen LogP contribution is 2.18.